The molecule has 0 aromatic heterocycles. The predicted molar refractivity (Wildman–Crippen MR) is 78.7 cm³/mol. The third-order valence-electron chi connectivity index (χ3n) is 3.38. The van der Waals surface area contributed by atoms with Crippen molar-refractivity contribution in [3.8, 4) is 0 Å². The van der Waals surface area contributed by atoms with Gasteiger partial charge < -0.3 is 15.5 Å². The highest BCUT2D eigenvalue weighted by Crippen LogP contribution is 2.15. The first-order valence-corrected chi connectivity index (χ1v) is 7.00. The SMILES string of the molecule is CN1CCC[C@@H](CNC(=O)Nc2ccc(Cl)cc2)C1. The van der Waals surface area contributed by atoms with Gasteiger partial charge in [-0.1, -0.05) is 11.6 Å². The van der Waals surface area contributed by atoms with E-state index in [2.05, 4.69) is 22.6 Å². The number of hydrogen-bond donors (Lipinski definition) is 2. The maximum absolute atomic E-state index is 11.8. The van der Waals surface area contributed by atoms with Crippen molar-refractivity contribution in [2.45, 2.75) is 12.8 Å². The Kier molecular flexibility index (Phi) is 5.05. The second-order valence-electron chi connectivity index (χ2n) is 5.11. The summed E-state index contributed by atoms with van der Waals surface area (Å²) in [5, 5.41) is 6.39. The number of rotatable bonds is 3. The summed E-state index contributed by atoms with van der Waals surface area (Å²) in [4.78, 5) is 14.1. The third kappa shape index (κ3) is 4.73. The summed E-state index contributed by atoms with van der Waals surface area (Å²) in [6.45, 7) is 2.94. The third-order valence-corrected chi connectivity index (χ3v) is 3.63. The molecule has 0 aliphatic carbocycles. The van der Waals surface area contributed by atoms with Crippen molar-refractivity contribution >= 4 is 23.3 Å². The number of hydrogen-bond acceptors (Lipinski definition) is 2. The van der Waals surface area contributed by atoms with Crippen LogP contribution in [0.3, 0.4) is 0 Å². The molecule has 4 nitrogen and oxygen atoms in total. The lowest BCUT2D eigenvalue weighted by Gasteiger charge is -2.29. The van der Waals surface area contributed by atoms with Crippen LogP contribution in [0.2, 0.25) is 5.02 Å². The Morgan fingerprint density at radius 3 is 2.84 bits per heavy atom. The Hall–Kier alpha value is -1.26. The fraction of sp³-hybridized carbons (Fsp3) is 0.500. The molecular weight excluding hydrogens is 262 g/mol. The molecule has 19 heavy (non-hydrogen) atoms. The Morgan fingerprint density at radius 2 is 2.16 bits per heavy atom. The molecule has 0 radical (unpaired) electrons. The summed E-state index contributed by atoms with van der Waals surface area (Å²) in [5.74, 6) is 0.551. The van der Waals surface area contributed by atoms with Gasteiger partial charge in [0.25, 0.3) is 0 Å². The molecule has 0 spiro atoms. The Morgan fingerprint density at radius 1 is 1.42 bits per heavy atom. The van der Waals surface area contributed by atoms with Gasteiger partial charge in [-0.15, -0.1) is 0 Å². The molecule has 1 aliphatic heterocycles. The molecule has 1 fully saturated rings. The van der Waals surface area contributed by atoms with E-state index in [0.29, 0.717) is 10.9 Å². The van der Waals surface area contributed by atoms with Crippen LogP contribution in [0.1, 0.15) is 12.8 Å². The minimum Gasteiger partial charge on any atom is -0.338 e. The first-order chi connectivity index (χ1) is 9.13. The van der Waals surface area contributed by atoms with Crippen molar-refractivity contribution in [3.05, 3.63) is 29.3 Å². The highest BCUT2D eigenvalue weighted by atomic mass is 35.5. The number of urea groups is 1. The number of amides is 2. The molecule has 2 rings (SSSR count). The van der Waals surface area contributed by atoms with Gasteiger partial charge in [-0.2, -0.15) is 0 Å². The normalized spacial score (nSPS) is 20.0. The monoisotopic (exact) mass is 281 g/mol. The van der Waals surface area contributed by atoms with E-state index in [-0.39, 0.29) is 6.03 Å². The molecule has 1 aliphatic rings. The molecule has 0 bridgehead atoms. The van der Waals surface area contributed by atoms with Crippen molar-refractivity contribution in [2.24, 2.45) is 5.92 Å². The van der Waals surface area contributed by atoms with Gasteiger partial charge in [0, 0.05) is 23.8 Å². The van der Waals surface area contributed by atoms with Crippen molar-refractivity contribution in [2.75, 3.05) is 32.0 Å². The van der Waals surface area contributed by atoms with Gasteiger partial charge in [-0.05, 0) is 56.6 Å². The van der Waals surface area contributed by atoms with Crippen molar-refractivity contribution in [1.82, 2.24) is 10.2 Å². The molecule has 104 valence electrons. The smallest absolute Gasteiger partial charge is 0.319 e. The number of anilines is 1. The molecule has 2 amide bonds. The average Bonchev–Trinajstić information content (AvgIpc) is 2.39. The van der Waals surface area contributed by atoms with Crippen LogP contribution < -0.4 is 10.6 Å². The first-order valence-electron chi connectivity index (χ1n) is 6.62. The number of nitrogens with zero attached hydrogens (tertiary/aromatic N) is 1. The van der Waals surface area contributed by atoms with Crippen LogP contribution in [0, 0.1) is 5.92 Å². The van der Waals surface area contributed by atoms with Crippen LogP contribution in [-0.4, -0.2) is 37.6 Å². The summed E-state index contributed by atoms with van der Waals surface area (Å²) in [6.07, 6.45) is 2.40. The molecule has 5 heteroatoms. The Balaban J connectivity index is 1.73. The molecule has 2 N–H and O–H groups in total. The quantitative estimate of drug-likeness (QED) is 0.895. The molecule has 1 aromatic rings. The van der Waals surface area contributed by atoms with Crippen LogP contribution in [0.25, 0.3) is 0 Å². The van der Waals surface area contributed by atoms with E-state index in [0.717, 1.165) is 25.3 Å². The van der Waals surface area contributed by atoms with Crippen molar-refractivity contribution in [3.63, 3.8) is 0 Å². The molecule has 1 heterocycles. The van der Waals surface area contributed by atoms with Crippen molar-refractivity contribution < 1.29 is 4.79 Å². The largest absolute Gasteiger partial charge is 0.338 e. The molecule has 0 saturated carbocycles. The molecule has 1 saturated heterocycles. The van der Waals surface area contributed by atoms with Crippen LogP contribution in [0.15, 0.2) is 24.3 Å². The number of piperidine rings is 1. The molecule has 1 atom stereocenters. The number of carbonyl (C=O) groups excluding carboxylic acids is 1. The fourth-order valence-electron chi connectivity index (χ4n) is 2.39. The number of benzene rings is 1. The zero-order chi connectivity index (χ0) is 13.7. The molecule has 0 unspecified atom stereocenters. The highest BCUT2D eigenvalue weighted by molar-refractivity contribution is 6.30. The number of nitrogens with one attached hydrogen (secondary N) is 2. The lowest BCUT2D eigenvalue weighted by Crippen LogP contribution is -2.40. The number of likely N-dealkylation sites (tertiary alicyclic amines) is 1. The van der Waals surface area contributed by atoms with Gasteiger partial charge in [-0.3, -0.25) is 0 Å². The van der Waals surface area contributed by atoms with Gasteiger partial charge in [0.05, 0.1) is 0 Å². The van der Waals surface area contributed by atoms with Gasteiger partial charge >= 0.3 is 6.03 Å². The lowest BCUT2D eigenvalue weighted by molar-refractivity contribution is 0.204. The van der Waals surface area contributed by atoms with E-state index in [9.17, 15) is 4.79 Å². The van der Waals surface area contributed by atoms with E-state index >= 15 is 0 Å². The zero-order valence-corrected chi connectivity index (χ0v) is 11.9. The summed E-state index contributed by atoms with van der Waals surface area (Å²) in [7, 11) is 2.12. The van der Waals surface area contributed by atoms with E-state index < -0.39 is 0 Å². The van der Waals surface area contributed by atoms with Crippen LogP contribution in [-0.2, 0) is 0 Å². The lowest BCUT2D eigenvalue weighted by atomic mass is 9.99. The maximum Gasteiger partial charge on any atom is 0.319 e. The molecular formula is C14H20ClN3O. The Labute approximate surface area is 119 Å². The predicted octanol–water partition coefficient (Wildman–Crippen LogP) is 2.80. The number of carbonyl (C=O) groups is 1. The van der Waals surface area contributed by atoms with Crippen molar-refractivity contribution in [1.29, 1.82) is 0 Å². The van der Waals surface area contributed by atoms with Gasteiger partial charge in [0.1, 0.15) is 0 Å². The summed E-state index contributed by atoms with van der Waals surface area (Å²) < 4.78 is 0. The second kappa shape index (κ2) is 6.78. The average molecular weight is 282 g/mol. The highest BCUT2D eigenvalue weighted by Gasteiger charge is 2.17. The van der Waals surface area contributed by atoms with Crippen LogP contribution >= 0.6 is 11.6 Å². The zero-order valence-electron chi connectivity index (χ0n) is 11.2. The standard InChI is InChI=1S/C14H20ClN3O/c1-18-8-2-3-11(10-18)9-16-14(19)17-13-6-4-12(15)5-7-13/h4-7,11H,2-3,8-10H2,1H3,(H2,16,17,19)/t11-/m0/s1. The Bertz CT molecular complexity index is 421. The topological polar surface area (TPSA) is 44.4 Å². The van der Waals surface area contributed by atoms with E-state index in [1.54, 1.807) is 24.3 Å². The van der Waals surface area contributed by atoms with E-state index in [1.165, 1.54) is 12.8 Å². The summed E-state index contributed by atoms with van der Waals surface area (Å²) in [6, 6.07) is 6.93. The summed E-state index contributed by atoms with van der Waals surface area (Å²) >= 11 is 5.79. The van der Waals surface area contributed by atoms with Crippen LogP contribution in [0.5, 0.6) is 0 Å². The molecule has 1 aromatic carbocycles. The minimum atomic E-state index is -0.157. The fourth-order valence-corrected chi connectivity index (χ4v) is 2.51. The maximum atomic E-state index is 11.8. The van der Waals surface area contributed by atoms with Gasteiger partial charge in [0.15, 0.2) is 0 Å². The van der Waals surface area contributed by atoms with Crippen LogP contribution in [0.4, 0.5) is 10.5 Å². The van der Waals surface area contributed by atoms with E-state index in [4.69, 9.17) is 11.6 Å². The summed E-state index contributed by atoms with van der Waals surface area (Å²) in [5.41, 5.74) is 0.752. The second-order valence-corrected chi connectivity index (χ2v) is 5.55. The van der Waals surface area contributed by atoms with E-state index in [1.807, 2.05) is 0 Å². The number of halogens is 1. The minimum absolute atomic E-state index is 0.157. The first kappa shape index (κ1) is 14.2. The van der Waals surface area contributed by atoms with Gasteiger partial charge in [0.2, 0.25) is 0 Å². The van der Waals surface area contributed by atoms with Gasteiger partial charge in [-0.25, -0.2) is 4.79 Å².